The number of aliphatic hydroxyl groups is 2. The number of hydrogen-bond donors (Lipinski definition) is 3. The quantitative estimate of drug-likeness (QED) is 0.608. The summed E-state index contributed by atoms with van der Waals surface area (Å²) in [5.74, 6) is -0.958. The Hall–Kier alpha value is -0.200. The third-order valence-corrected chi connectivity index (χ3v) is 2.37. The van der Waals surface area contributed by atoms with E-state index in [1.54, 1.807) is 13.8 Å². The van der Waals surface area contributed by atoms with E-state index >= 15 is 0 Å². The lowest BCUT2D eigenvalue weighted by Gasteiger charge is -2.12. The van der Waals surface area contributed by atoms with Crippen molar-refractivity contribution in [1.29, 1.82) is 0 Å². The molecule has 0 aromatic heterocycles. The van der Waals surface area contributed by atoms with E-state index < -0.39 is 5.79 Å². The lowest BCUT2D eigenvalue weighted by Crippen LogP contribution is -2.20. The smallest absolute Gasteiger partial charge is 0.159 e. The van der Waals surface area contributed by atoms with Crippen molar-refractivity contribution in [3.63, 3.8) is 0 Å². The second kappa shape index (κ2) is 7.97. The molecule has 98 valence electrons. The predicted octanol–water partition coefficient (Wildman–Crippen LogP) is 0.236. The highest BCUT2D eigenvalue weighted by Crippen LogP contribution is 2.19. The molecule has 1 aliphatic rings. The Morgan fingerprint density at radius 3 is 2.25 bits per heavy atom. The molecule has 0 amide bonds. The number of nitrogens with two attached hydrogens (primary N) is 1. The van der Waals surface area contributed by atoms with Gasteiger partial charge in [0.05, 0.1) is 19.3 Å². The van der Waals surface area contributed by atoms with Crippen molar-refractivity contribution < 1.29 is 19.7 Å². The third-order valence-electron chi connectivity index (χ3n) is 2.37. The Morgan fingerprint density at radius 2 is 1.94 bits per heavy atom. The average molecular weight is 235 g/mol. The standard InChI is InChI=1S/C7H15NO2.C4H10O2/c8-6-1-2-7(5-6)10-4-3-9;1-4(2,5)6-3/h6-7,9H,1-5,8H2;5H,1-3H3. The normalized spacial score (nSPS) is 25.1. The van der Waals surface area contributed by atoms with Crippen LogP contribution in [0.5, 0.6) is 0 Å². The molecule has 5 nitrogen and oxygen atoms in total. The van der Waals surface area contributed by atoms with Crippen molar-refractivity contribution >= 4 is 0 Å². The molecule has 16 heavy (non-hydrogen) atoms. The molecule has 1 saturated carbocycles. The van der Waals surface area contributed by atoms with Gasteiger partial charge in [-0.05, 0) is 33.1 Å². The van der Waals surface area contributed by atoms with Crippen molar-refractivity contribution in [2.24, 2.45) is 5.73 Å². The van der Waals surface area contributed by atoms with Gasteiger partial charge in [0.2, 0.25) is 0 Å². The van der Waals surface area contributed by atoms with E-state index in [2.05, 4.69) is 4.74 Å². The van der Waals surface area contributed by atoms with Crippen LogP contribution in [0.1, 0.15) is 33.1 Å². The van der Waals surface area contributed by atoms with Crippen molar-refractivity contribution in [1.82, 2.24) is 0 Å². The van der Waals surface area contributed by atoms with Crippen molar-refractivity contribution in [2.75, 3.05) is 20.3 Å². The van der Waals surface area contributed by atoms with E-state index in [4.69, 9.17) is 20.7 Å². The van der Waals surface area contributed by atoms with E-state index in [-0.39, 0.29) is 6.61 Å². The van der Waals surface area contributed by atoms with Crippen LogP contribution in [-0.2, 0) is 9.47 Å². The Morgan fingerprint density at radius 1 is 1.38 bits per heavy atom. The summed E-state index contributed by atoms with van der Waals surface area (Å²) in [5.41, 5.74) is 5.65. The molecule has 0 heterocycles. The number of rotatable bonds is 4. The van der Waals surface area contributed by atoms with Gasteiger partial charge in [-0.15, -0.1) is 0 Å². The number of hydrogen-bond acceptors (Lipinski definition) is 5. The van der Waals surface area contributed by atoms with Gasteiger partial charge in [0.25, 0.3) is 0 Å². The highest BCUT2D eigenvalue weighted by atomic mass is 16.6. The summed E-state index contributed by atoms with van der Waals surface area (Å²) in [6, 6.07) is 0.323. The fourth-order valence-electron chi connectivity index (χ4n) is 1.34. The molecule has 1 aliphatic carbocycles. The first kappa shape index (κ1) is 15.8. The molecular weight excluding hydrogens is 210 g/mol. The fraction of sp³-hybridized carbons (Fsp3) is 1.00. The Kier molecular flexibility index (Phi) is 7.87. The summed E-state index contributed by atoms with van der Waals surface area (Å²) in [7, 11) is 1.46. The lowest BCUT2D eigenvalue weighted by atomic mass is 10.3. The first-order chi connectivity index (χ1) is 7.39. The Bertz CT molecular complexity index is 170. The van der Waals surface area contributed by atoms with E-state index in [0.29, 0.717) is 18.8 Å². The van der Waals surface area contributed by atoms with E-state index in [1.807, 2.05) is 0 Å². The minimum absolute atomic E-state index is 0.117. The number of aliphatic hydroxyl groups excluding tert-OH is 1. The molecule has 0 spiro atoms. The second-order valence-electron chi connectivity index (χ2n) is 4.44. The van der Waals surface area contributed by atoms with Gasteiger partial charge in [0, 0.05) is 13.2 Å². The maximum atomic E-state index is 8.60. The molecule has 1 fully saturated rings. The zero-order valence-electron chi connectivity index (χ0n) is 10.5. The van der Waals surface area contributed by atoms with Crippen LogP contribution >= 0.6 is 0 Å². The van der Waals surface area contributed by atoms with E-state index in [1.165, 1.54) is 7.11 Å². The van der Waals surface area contributed by atoms with Gasteiger partial charge < -0.3 is 25.4 Å². The van der Waals surface area contributed by atoms with Crippen molar-refractivity contribution in [3.8, 4) is 0 Å². The number of ether oxygens (including phenoxy) is 2. The van der Waals surface area contributed by atoms with Crippen LogP contribution < -0.4 is 5.73 Å². The van der Waals surface area contributed by atoms with Crippen LogP contribution in [0.3, 0.4) is 0 Å². The predicted molar refractivity (Wildman–Crippen MR) is 62.0 cm³/mol. The summed E-state index contributed by atoms with van der Waals surface area (Å²) in [5, 5.41) is 17.0. The zero-order chi connectivity index (χ0) is 12.6. The lowest BCUT2D eigenvalue weighted by molar-refractivity contribution is -0.155. The minimum atomic E-state index is -0.958. The second-order valence-corrected chi connectivity index (χ2v) is 4.44. The summed E-state index contributed by atoms with van der Waals surface area (Å²) in [4.78, 5) is 0. The first-order valence-electron chi connectivity index (χ1n) is 5.64. The van der Waals surface area contributed by atoms with Crippen molar-refractivity contribution in [2.45, 2.75) is 51.0 Å². The van der Waals surface area contributed by atoms with Gasteiger partial charge in [-0.2, -0.15) is 0 Å². The SMILES string of the molecule is COC(C)(C)O.NC1CCC(OCCO)C1. The van der Waals surface area contributed by atoms with Crippen LogP contribution in [0.25, 0.3) is 0 Å². The summed E-state index contributed by atoms with van der Waals surface area (Å²) < 4.78 is 9.79. The summed E-state index contributed by atoms with van der Waals surface area (Å²) in [6.07, 6.45) is 3.39. The van der Waals surface area contributed by atoms with E-state index in [9.17, 15) is 0 Å². The highest BCUT2D eigenvalue weighted by molar-refractivity contribution is 4.77. The summed E-state index contributed by atoms with van der Waals surface area (Å²) in [6.45, 7) is 3.73. The Labute approximate surface area is 97.5 Å². The van der Waals surface area contributed by atoms with Gasteiger partial charge in [-0.1, -0.05) is 0 Å². The monoisotopic (exact) mass is 235 g/mol. The van der Waals surface area contributed by atoms with Gasteiger partial charge >= 0.3 is 0 Å². The molecule has 5 heteroatoms. The molecule has 2 unspecified atom stereocenters. The maximum Gasteiger partial charge on any atom is 0.159 e. The molecule has 2 atom stereocenters. The number of methoxy groups -OCH3 is 1. The van der Waals surface area contributed by atoms with Crippen molar-refractivity contribution in [3.05, 3.63) is 0 Å². The molecule has 4 N–H and O–H groups in total. The molecule has 0 radical (unpaired) electrons. The Balaban J connectivity index is 0.000000325. The third kappa shape index (κ3) is 9.06. The van der Waals surface area contributed by atoms with Crippen LogP contribution in [0, 0.1) is 0 Å². The molecule has 1 rings (SSSR count). The van der Waals surface area contributed by atoms with Crippen LogP contribution in [-0.4, -0.2) is 48.5 Å². The molecule has 0 aromatic carbocycles. The van der Waals surface area contributed by atoms with Gasteiger partial charge in [-0.3, -0.25) is 0 Å². The molecule has 0 bridgehead atoms. The van der Waals surface area contributed by atoms with Crippen LogP contribution in [0.4, 0.5) is 0 Å². The zero-order valence-corrected chi connectivity index (χ0v) is 10.5. The van der Waals surface area contributed by atoms with Crippen LogP contribution in [0.2, 0.25) is 0 Å². The molecule has 0 saturated heterocycles. The minimum Gasteiger partial charge on any atom is -0.394 e. The highest BCUT2D eigenvalue weighted by Gasteiger charge is 2.21. The average Bonchev–Trinajstić information content (AvgIpc) is 2.61. The molecule has 0 aromatic rings. The van der Waals surface area contributed by atoms with Gasteiger partial charge in [-0.25, -0.2) is 0 Å². The first-order valence-corrected chi connectivity index (χ1v) is 5.64. The molecular formula is C11H25NO4. The molecule has 0 aliphatic heterocycles. The summed E-state index contributed by atoms with van der Waals surface area (Å²) >= 11 is 0. The largest absolute Gasteiger partial charge is 0.394 e. The van der Waals surface area contributed by atoms with E-state index in [0.717, 1.165) is 19.3 Å². The van der Waals surface area contributed by atoms with Gasteiger partial charge in [0.15, 0.2) is 5.79 Å². The fourth-order valence-corrected chi connectivity index (χ4v) is 1.34. The topological polar surface area (TPSA) is 84.9 Å². The van der Waals surface area contributed by atoms with Crippen LogP contribution in [0.15, 0.2) is 0 Å². The maximum absolute atomic E-state index is 8.60. The van der Waals surface area contributed by atoms with Gasteiger partial charge in [0.1, 0.15) is 0 Å².